The first-order valence-electron chi connectivity index (χ1n) is 13.0. The SMILES string of the molecule is CC.CCCCNC(=O)C(C1CCCCC1)N(c1ccccc1)C1OC1c1ccccc1C.[HH]. The molecule has 1 aliphatic heterocycles. The van der Waals surface area contributed by atoms with Gasteiger partial charge in [-0.15, -0.1) is 0 Å². The fraction of sp³-hybridized carbons (Fsp3) is 0.552. The lowest BCUT2D eigenvalue weighted by atomic mass is 9.82. The van der Waals surface area contributed by atoms with Crippen LogP contribution in [-0.2, 0) is 9.53 Å². The Hall–Kier alpha value is -2.33. The minimum Gasteiger partial charge on any atom is -0.354 e. The van der Waals surface area contributed by atoms with Crippen LogP contribution in [-0.4, -0.2) is 24.7 Å². The highest BCUT2D eigenvalue weighted by molar-refractivity contribution is 5.86. The Bertz CT molecular complexity index is 854. The summed E-state index contributed by atoms with van der Waals surface area (Å²) in [5.74, 6) is 0.514. The van der Waals surface area contributed by atoms with E-state index in [2.05, 4.69) is 72.6 Å². The van der Waals surface area contributed by atoms with Gasteiger partial charge in [0.2, 0.25) is 5.91 Å². The molecule has 4 nitrogen and oxygen atoms in total. The molecule has 2 aromatic rings. The lowest BCUT2D eigenvalue weighted by Crippen LogP contribution is -2.53. The van der Waals surface area contributed by atoms with Crippen LogP contribution in [0.1, 0.15) is 84.4 Å². The summed E-state index contributed by atoms with van der Waals surface area (Å²) in [6.45, 7) is 9.04. The van der Waals surface area contributed by atoms with Crippen molar-refractivity contribution in [3.8, 4) is 0 Å². The van der Waals surface area contributed by atoms with Crippen LogP contribution >= 0.6 is 0 Å². The molecule has 0 aromatic heterocycles. The van der Waals surface area contributed by atoms with Crippen LogP contribution < -0.4 is 10.2 Å². The number of hydrogen-bond acceptors (Lipinski definition) is 3. The Balaban J connectivity index is 0.00000133. The van der Waals surface area contributed by atoms with Crippen LogP contribution in [0.25, 0.3) is 0 Å². The molecule has 3 atom stereocenters. The molecule has 1 heterocycles. The predicted octanol–water partition coefficient (Wildman–Crippen LogP) is 7.04. The molecule has 1 saturated carbocycles. The third-order valence-corrected chi connectivity index (χ3v) is 6.79. The number of ether oxygens (including phenoxy) is 1. The van der Waals surface area contributed by atoms with Gasteiger partial charge in [0, 0.05) is 13.7 Å². The number of para-hydroxylation sites is 1. The number of carbonyl (C=O) groups is 1. The summed E-state index contributed by atoms with van der Waals surface area (Å²) in [6, 6.07) is 18.6. The molecule has 182 valence electrons. The van der Waals surface area contributed by atoms with Crippen LogP contribution in [0, 0.1) is 12.8 Å². The van der Waals surface area contributed by atoms with Crippen molar-refractivity contribution in [1.82, 2.24) is 5.32 Å². The number of benzene rings is 2. The Morgan fingerprint density at radius 2 is 1.73 bits per heavy atom. The maximum absolute atomic E-state index is 13.6. The minimum atomic E-state index is -0.196. The van der Waals surface area contributed by atoms with Gasteiger partial charge < -0.3 is 15.0 Å². The molecule has 2 aromatic carbocycles. The van der Waals surface area contributed by atoms with E-state index >= 15 is 0 Å². The van der Waals surface area contributed by atoms with Gasteiger partial charge >= 0.3 is 0 Å². The first-order chi connectivity index (χ1) is 16.2. The fourth-order valence-corrected chi connectivity index (χ4v) is 5.03. The molecule has 1 N–H and O–H groups in total. The fourth-order valence-electron chi connectivity index (χ4n) is 5.03. The van der Waals surface area contributed by atoms with Crippen LogP contribution in [0.3, 0.4) is 0 Å². The molecule has 0 radical (unpaired) electrons. The standard InChI is InChI=1S/C27H36N2O2.C2H6.H2/c1-3-4-19-28-26(30)24(21-14-7-5-8-15-21)29(22-16-9-6-10-17-22)27-25(31-27)23-18-12-11-13-20(23)2;1-2;/h6,9-13,16-18,21,24-25,27H,3-5,7-8,14-15,19H2,1-2H3,(H,28,30);1-2H3;1H. The van der Waals surface area contributed by atoms with Gasteiger partial charge in [-0.05, 0) is 55.4 Å². The molecule has 2 aliphatic rings. The number of nitrogens with zero attached hydrogens (tertiary/aromatic N) is 1. The largest absolute Gasteiger partial charge is 0.354 e. The van der Waals surface area contributed by atoms with Crippen LogP contribution in [0.2, 0.25) is 0 Å². The van der Waals surface area contributed by atoms with Gasteiger partial charge in [0.15, 0.2) is 6.23 Å². The minimum absolute atomic E-state index is 0. The van der Waals surface area contributed by atoms with E-state index in [0.29, 0.717) is 5.92 Å². The number of epoxide rings is 1. The van der Waals surface area contributed by atoms with Crippen molar-refractivity contribution < 1.29 is 11.0 Å². The molecule has 3 unspecified atom stereocenters. The Morgan fingerprint density at radius 3 is 2.39 bits per heavy atom. The number of anilines is 1. The van der Waals surface area contributed by atoms with Crippen LogP contribution in [0.4, 0.5) is 5.69 Å². The van der Waals surface area contributed by atoms with Gasteiger partial charge in [-0.1, -0.05) is 88.9 Å². The monoisotopic (exact) mass is 452 g/mol. The van der Waals surface area contributed by atoms with Crippen molar-refractivity contribution in [3.05, 3.63) is 65.7 Å². The maximum Gasteiger partial charge on any atom is 0.243 e. The van der Waals surface area contributed by atoms with Crippen molar-refractivity contribution in [2.24, 2.45) is 5.92 Å². The first kappa shape index (κ1) is 25.3. The summed E-state index contributed by atoms with van der Waals surface area (Å²) < 4.78 is 6.29. The molecule has 4 heteroatoms. The van der Waals surface area contributed by atoms with E-state index in [1.807, 2.05) is 19.9 Å². The van der Waals surface area contributed by atoms with E-state index in [1.165, 1.54) is 30.4 Å². The highest BCUT2D eigenvalue weighted by atomic mass is 16.6. The van der Waals surface area contributed by atoms with Gasteiger partial charge in [0.05, 0.1) is 0 Å². The van der Waals surface area contributed by atoms with E-state index in [0.717, 1.165) is 37.9 Å². The zero-order valence-electron chi connectivity index (χ0n) is 20.9. The average Bonchev–Trinajstić information content (AvgIpc) is 3.65. The average molecular weight is 453 g/mol. The van der Waals surface area contributed by atoms with E-state index in [1.54, 1.807) is 0 Å². The smallest absolute Gasteiger partial charge is 0.243 e. The van der Waals surface area contributed by atoms with Crippen molar-refractivity contribution in [2.75, 3.05) is 11.4 Å². The topological polar surface area (TPSA) is 44.9 Å². The van der Waals surface area contributed by atoms with Crippen LogP contribution in [0.5, 0.6) is 0 Å². The van der Waals surface area contributed by atoms with Gasteiger partial charge in [-0.3, -0.25) is 4.79 Å². The molecule has 1 aliphatic carbocycles. The number of carbonyl (C=O) groups excluding carboxylic acids is 1. The molecule has 33 heavy (non-hydrogen) atoms. The second-order valence-corrected chi connectivity index (χ2v) is 9.03. The summed E-state index contributed by atoms with van der Waals surface area (Å²) in [7, 11) is 0. The molecular formula is C29H44N2O2. The summed E-state index contributed by atoms with van der Waals surface area (Å²) >= 11 is 0. The molecule has 0 spiro atoms. The second-order valence-electron chi connectivity index (χ2n) is 9.03. The van der Waals surface area contributed by atoms with E-state index in [4.69, 9.17) is 4.74 Å². The third-order valence-electron chi connectivity index (χ3n) is 6.79. The van der Waals surface area contributed by atoms with Gasteiger partial charge in [-0.25, -0.2) is 0 Å². The summed E-state index contributed by atoms with van der Waals surface area (Å²) in [6.07, 6.45) is 7.91. The Kier molecular flexibility index (Phi) is 9.80. The quantitative estimate of drug-likeness (QED) is 0.328. The summed E-state index contributed by atoms with van der Waals surface area (Å²) in [4.78, 5) is 15.9. The summed E-state index contributed by atoms with van der Waals surface area (Å²) in [5, 5.41) is 3.24. The first-order valence-corrected chi connectivity index (χ1v) is 13.0. The van der Waals surface area contributed by atoms with Crippen LogP contribution in [0.15, 0.2) is 54.6 Å². The van der Waals surface area contributed by atoms with Gasteiger partial charge in [0.25, 0.3) is 0 Å². The highest BCUT2D eigenvalue weighted by Crippen LogP contribution is 2.46. The number of hydrogen-bond donors (Lipinski definition) is 1. The molecule has 4 rings (SSSR count). The molecule has 1 amide bonds. The molecular weight excluding hydrogens is 408 g/mol. The lowest BCUT2D eigenvalue weighted by Gasteiger charge is -2.38. The number of rotatable bonds is 9. The zero-order chi connectivity index (χ0) is 23.6. The zero-order valence-corrected chi connectivity index (χ0v) is 20.9. The van der Waals surface area contributed by atoms with E-state index < -0.39 is 0 Å². The normalized spacial score (nSPS) is 20.8. The molecule has 0 bridgehead atoms. The van der Waals surface area contributed by atoms with Crippen molar-refractivity contribution in [3.63, 3.8) is 0 Å². The molecule has 1 saturated heterocycles. The van der Waals surface area contributed by atoms with Gasteiger partial charge in [-0.2, -0.15) is 0 Å². The number of nitrogens with one attached hydrogen (secondary N) is 1. The predicted molar refractivity (Wildman–Crippen MR) is 139 cm³/mol. The summed E-state index contributed by atoms with van der Waals surface area (Å²) in [5.41, 5.74) is 3.54. The second kappa shape index (κ2) is 12.8. The number of unbranched alkanes of at least 4 members (excludes halogenated alkanes) is 1. The van der Waals surface area contributed by atoms with E-state index in [-0.39, 0.29) is 25.7 Å². The maximum atomic E-state index is 13.6. The Morgan fingerprint density at radius 1 is 1.06 bits per heavy atom. The lowest BCUT2D eigenvalue weighted by molar-refractivity contribution is -0.124. The third kappa shape index (κ3) is 6.38. The highest BCUT2D eigenvalue weighted by Gasteiger charge is 2.50. The number of amides is 1. The van der Waals surface area contributed by atoms with Gasteiger partial charge in [0.1, 0.15) is 12.1 Å². The molecule has 2 fully saturated rings. The van der Waals surface area contributed by atoms with Crippen molar-refractivity contribution in [1.29, 1.82) is 0 Å². The van der Waals surface area contributed by atoms with Crippen molar-refractivity contribution >= 4 is 11.6 Å². The number of aryl methyl sites for hydroxylation is 1. The van der Waals surface area contributed by atoms with E-state index in [9.17, 15) is 4.79 Å². The van der Waals surface area contributed by atoms with Crippen molar-refractivity contribution in [2.45, 2.75) is 91.0 Å². The Labute approximate surface area is 202 Å².